The standard InChI is InChI=1S/C18H41N4P/c1-13(2)19-18(20(11)12)23(21(14(3)4)15(5)6)22(16(7)8)17(9)10/h13-17H,1-12H3. The Morgan fingerprint density at radius 2 is 0.957 bits per heavy atom. The average molecular weight is 345 g/mol. The summed E-state index contributed by atoms with van der Waals surface area (Å²) in [6.07, 6.45) is 0. The lowest BCUT2D eigenvalue weighted by molar-refractivity contribution is 0.260. The molecule has 5 heteroatoms. The van der Waals surface area contributed by atoms with E-state index in [9.17, 15) is 0 Å². The Labute approximate surface area is 147 Å². The van der Waals surface area contributed by atoms with Crippen LogP contribution >= 0.6 is 8.22 Å². The van der Waals surface area contributed by atoms with Gasteiger partial charge in [0.05, 0.1) is 0 Å². The molecule has 0 aromatic rings. The number of nitrogens with zero attached hydrogens (tertiary/aromatic N) is 4. The van der Waals surface area contributed by atoms with Gasteiger partial charge in [-0.2, -0.15) is 0 Å². The number of hydrogen-bond acceptors (Lipinski definition) is 3. The van der Waals surface area contributed by atoms with Crippen molar-refractivity contribution in [1.82, 2.24) is 14.2 Å². The molecule has 0 unspecified atom stereocenters. The highest BCUT2D eigenvalue weighted by molar-refractivity contribution is 7.70. The largest absolute Gasteiger partial charge is 0.361 e. The van der Waals surface area contributed by atoms with Crippen molar-refractivity contribution in [2.45, 2.75) is 99.4 Å². The van der Waals surface area contributed by atoms with Gasteiger partial charge in [0.15, 0.2) is 5.58 Å². The maximum Gasteiger partial charge on any atom is 0.154 e. The van der Waals surface area contributed by atoms with E-state index in [1.54, 1.807) is 0 Å². The van der Waals surface area contributed by atoms with Gasteiger partial charge in [0, 0.05) is 44.3 Å². The van der Waals surface area contributed by atoms with Crippen LogP contribution in [0.3, 0.4) is 0 Å². The second-order valence-electron chi connectivity index (χ2n) is 7.84. The van der Waals surface area contributed by atoms with Crippen molar-refractivity contribution in [3.05, 3.63) is 0 Å². The van der Waals surface area contributed by atoms with Gasteiger partial charge >= 0.3 is 0 Å². The lowest BCUT2D eigenvalue weighted by atomic mass is 10.3. The Hall–Kier alpha value is -0.180. The molecule has 0 bridgehead atoms. The zero-order chi connectivity index (χ0) is 18.5. The highest BCUT2D eigenvalue weighted by Crippen LogP contribution is 2.51. The summed E-state index contributed by atoms with van der Waals surface area (Å²) in [5.41, 5.74) is 1.22. The minimum absolute atomic E-state index is 0.305. The first kappa shape index (κ1) is 22.8. The van der Waals surface area contributed by atoms with E-state index in [0.717, 1.165) is 0 Å². The molecule has 0 aromatic carbocycles. The van der Waals surface area contributed by atoms with Gasteiger partial charge in [-0.05, 0) is 69.2 Å². The van der Waals surface area contributed by atoms with Crippen LogP contribution in [-0.2, 0) is 0 Å². The molecule has 0 atom stereocenters. The van der Waals surface area contributed by atoms with E-state index in [-0.39, 0.29) is 0 Å². The minimum atomic E-state index is -0.638. The van der Waals surface area contributed by atoms with Crippen LogP contribution in [0.2, 0.25) is 0 Å². The molecule has 0 saturated carbocycles. The predicted octanol–water partition coefficient (Wildman–Crippen LogP) is 4.86. The van der Waals surface area contributed by atoms with Crippen molar-refractivity contribution >= 4 is 13.8 Å². The van der Waals surface area contributed by atoms with E-state index in [1.807, 2.05) is 0 Å². The van der Waals surface area contributed by atoms with E-state index < -0.39 is 8.22 Å². The molecule has 138 valence electrons. The van der Waals surface area contributed by atoms with Crippen LogP contribution in [0.15, 0.2) is 4.99 Å². The van der Waals surface area contributed by atoms with Crippen LogP contribution in [0.25, 0.3) is 0 Å². The summed E-state index contributed by atoms with van der Waals surface area (Å²) in [5, 5.41) is 0. The fourth-order valence-corrected chi connectivity index (χ4v) is 6.06. The van der Waals surface area contributed by atoms with Crippen molar-refractivity contribution < 1.29 is 0 Å². The fourth-order valence-electron chi connectivity index (χ4n) is 2.97. The van der Waals surface area contributed by atoms with Gasteiger partial charge in [-0.3, -0.25) is 14.3 Å². The van der Waals surface area contributed by atoms with Crippen LogP contribution in [0.4, 0.5) is 0 Å². The van der Waals surface area contributed by atoms with E-state index in [0.29, 0.717) is 30.2 Å². The summed E-state index contributed by atoms with van der Waals surface area (Å²) >= 11 is 0. The molecule has 0 aliphatic heterocycles. The molecule has 4 nitrogen and oxygen atoms in total. The maximum absolute atomic E-state index is 5.04. The van der Waals surface area contributed by atoms with E-state index in [2.05, 4.69) is 97.6 Å². The Morgan fingerprint density at radius 1 is 0.652 bits per heavy atom. The Balaban J connectivity index is 6.24. The van der Waals surface area contributed by atoms with Crippen LogP contribution in [0, 0.1) is 0 Å². The molecule has 0 rings (SSSR count). The topological polar surface area (TPSA) is 22.1 Å². The summed E-state index contributed by atoms with van der Waals surface area (Å²) < 4.78 is 5.30. The predicted molar refractivity (Wildman–Crippen MR) is 107 cm³/mol. The molecule has 0 radical (unpaired) electrons. The third-order valence-electron chi connectivity index (χ3n) is 3.51. The summed E-state index contributed by atoms with van der Waals surface area (Å²) in [4.78, 5) is 7.26. The first-order valence-electron chi connectivity index (χ1n) is 9.03. The number of amidine groups is 1. The van der Waals surface area contributed by atoms with Crippen molar-refractivity contribution in [1.29, 1.82) is 0 Å². The first-order chi connectivity index (χ1) is 10.4. The smallest absolute Gasteiger partial charge is 0.154 e. The second-order valence-corrected chi connectivity index (χ2v) is 9.74. The third-order valence-corrected chi connectivity index (χ3v) is 7.10. The van der Waals surface area contributed by atoms with Crippen LogP contribution in [0.1, 0.15) is 69.2 Å². The average Bonchev–Trinajstić information content (AvgIpc) is 2.32. The molecule has 0 saturated heterocycles. The number of hydrogen-bond donors (Lipinski definition) is 0. The second kappa shape index (κ2) is 9.96. The Bertz CT molecular complexity index is 326. The lowest BCUT2D eigenvalue weighted by Gasteiger charge is -2.48. The van der Waals surface area contributed by atoms with Crippen LogP contribution in [0.5, 0.6) is 0 Å². The third kappa shape index (κ3) is 6.68. The molecule has 0 N–H and O–H groups in total. The SMILES string of the molecule is CC(C)N=C(N(C)C)P(N(C(C)C)C(C)C)N(C(C)C)C(C)C. The van der Waals surface area contributed by atoms with Crippen molar-refractivity contribution in [2.24, 2.45) is 4.99 Å². The molecule has 0 aliphatic carbocycles. The van der Waals surface area contributed by atoms with Gasteiger partial charge in [0.1, 0.15) is 8.22 Å². The Kier molecular flexibility index (Phi) is 9.88. The van der Waals surface area contributed by atoms with Gasteiger partial charge in [-0.25, -0.2) is 0 Å². The summed E-state index contributed by atoms with van der Waals surface area (Å²) in [5.74, 6) is 0. The van der Waals surface area contributed by atoms with Crippen LogP contribution in [-0.4, -0.2) is 64.1 Å². The zero-order valence-electron chi connectivity index (χ0n) is 17.6. The normalized spacial score (nSPS) is 14.0. The molecule has 23 heavy (non-hydrogen) atoms. The Morgan fingerprint density at radius 3 is 1.13 bits per heavy atom. The van der Waals surface area contributed by atoms with Gasteiger partial charge in [0.25, 0.3) is 0 Å². The molecular weight excluding hydrogens is 303 g/mol. The fraction of sp³-hybridized carbons (Fsp3) is 0.944. The van der Waals surface area contributed by atoms with Crippen molar-refractivity contribution in [3.8, 4) is 0 Å². The quantitative estimate of drug-likeness (QED) is 0.356. The minimum Gasteiger partial charge on any atom is -0.361 e. The van der Waals surface area contributed by atoms with Gasteiger partial charge in [-0.15, -0.1) is 0 Å². The van der Waals surface area contributed by atoms with E-state index in [4.69, 9.17) is 4.99 Å². The summed E-state index contributed by atoms with van der Waals surface area (Å²) in [6.45, 7) is 22.8. The van der Waals surface area contributed by atoms with Gasteiger partial charge in [0.2, 0.25) is 0 Å². The summed E-state index contributed by atoms with van der Waals surface area (Å²) in [6, 6.07) is 2.24. The van der Waals surface area contributed by atoms with Crippen molar-refractivity contribution in [2.75, 3.05) is 14.1 Å². The van der Waals surface area contributed by atoms with Gasteiger partial charge < -0.3 is 4.90 Å². The van der Waals surface area contributed by atoms with Gasteiger partial charge in [-0.1, -0.05) is 0 Å². The molecule has 0 fully saturated rings. The van der Waals surface area contributed by atoms with Crippen molar-refractivity contribution in [3.63, 3.8) is 0 Å². The molecule has 0 spiro atoms. The monoisotopic (exact) mass is 344 g/mol. The summed E-state index contributed by atoms with van der Waals surface area (Å²) in [7, 11) is 3.63. The first-order valence-corrected chi connectivity index (χ1v) is 10.3. The number of rotatable bonds is 8. The zero-order valence-corrected chi connectivity index (χ0v) is 18.5. The number of aliphatic imine (C=N–C) groups is 1. The lowest BCUT2D eigenvalue weighted by Crippen LogP contribution is -2.47. The van der Waals surface area contributed by atoms with E-state index >= 15 is 0 Å². The highest BCUT2D eigenvalue weighted by atomic mass is 31.1. The van der Waals surface area contributed by atoms with Crippen LogP contribution < -0.4 is 0 Å². The molecule has 0 amide bonds. The highest BCUT2D eigenvalue weighted by Gasteiger charge is 2.37. The van der Waals surface area contributed by atoms with E-state index in [1.165, 1.54) is 5.58 Å². The molecule has 0 aliphatic rings. The molecule has 0 aromatic heterocycles. The molecule has 0 heterocycles. The maximum atomic E-state index is 5.04. The molecular formula is C18H41N4P.